The molecule has 4 aliphatic carbocycles. The van der Waals surface area contributed by atoms with Crippen LogP contribution in [0.4, 0.5) is 0 Å². The molecule has 0 aromatic rings. The molecule has 0 aromatic carbocycles. The third-order valence-corrected chi connectivity index (χ3v) is 17.6. The highest BCUT2D eigenvalue weighted by Gasteiger charge is 2.81. The van der Waals surface area contributed by atoms with Crippen LogP contribution in [0.25, 0.3) is 0 Å². The lowest BCUT2D eigenvalue weighted by Crippen LogP contribution is -2.68. The summed E-state index contributed by atoms with van der Waals surface area (Å²) in [5.74, 6) is -0.211. The topological polar surface area (TPSA) is 240 Å². The van der Waals surface area contributed by atoms with Crippen LogP contribution in [0.2, 0.25) is 0 Å². The molecule has 7 N–H and O–H groups in total. The molecule has 20 atom stereocenters. The van der Waals surface area contributed by atoms with E-state index in [0.717, 1.165) is 44.1 Å². The Morgan fingerprint density at radius 3 is 2.17 bits per heavy atom. The van der Waals surface area contributed by atoms with Crippen LogP contribution in [0.3, 0.4) is 0 Å². The molecular weight excluding hydrogens is 781 g/mol. The monoisotopic (exact) mass is 846 g/mol. The molecule has 0 radical (unpaired) electrons. The maximum Gasteiger partial charge on any atom is 0.397 e. The van der Waals surface area contributed by atoms with Crippen molar-refractivity contribution in [3.63, 3.8) is 0 Å². The van der Waals surface area contributed by atoms with E-state index >= 15 is 0 Å². The first-order valence-corrected chi connectivity index (χ1v) is 22.5. The number of aliphatic hydroxyl groups excluding tert-OH is 5. The number of rotatable bonds is 9. The molecule has 4 saturated heterocycles. The second-order valence-electron chi connectivity index (χ2n) is 20.6. The Balaban J connectivity index is 1.03. The standard InChI is InChI=1S/C41H66O16S/c1-20(2)14-21-16-51-41-18-40(19-52-41)22(33(41)39(21,7)47)8-9-26-37(5)12-11-27(36(3,4)25(37)10-13-38(26,40)6)56-35-31(46)32(29(44)24(55-35)17-53-58(48,49)50)57-34-30(45)28(43)23(15-42)54-34/h14,21-35,42-47H,8-13,15-19H2,1-7H3,(H,48,49,50)/t21-,22-,23+,24-,25+,26-,27+,28+,29-,30-,31-,32+,33+,34+,35+,37+,38-,39+,40+,41-/m1/s1. The van der Waals surface area contributed by atoms with Gasteiger partial charge in [0.05, 0.1) is 38.1 Å². The lowest BCUT2D eigenvalue weighted by molar-refractivity contribution is -0.351. The molecule has 16 nitrogen and oxygen atoms in total. The number of aliphatic hydroxyl groups is 6. The summed E-state index contributed by atoms with van der Waals surface area (Å²) in [5.41, 5.74) is -0.576. The predicted molar refractivity (Wildman–Crippen MR) is 203 cm³/mol. The number of fused-ring (bicyclic) bond motifs is 4. The second kappa shape index (κ2) is 14.6. The number of hydrogen-bond acceptors (Lipinski definition) is 15. The fraction of sp³-hybridized carbons (Fsp3) is 0.951. The number of hydrogen-bond donors (Lipinski definition) is 7. The molecule has 2 bridgehead atoms. The Labute approximate surface area is 341 Å². The van der Waals surface area contributed by atoms with Gasteiger partial charge in [-0.1, -0.05) is 39.3 Å². The van der Waals surface area contributed by atoms with Crippen LogP contribution in [0.5, 0.6) is 0 Å². The third-order valence-electron chi connectivity index (χ3n) is 17.1. The Morgan fingerprint density at radius 2 is 1.52 bits per heavy atom. The normalized spacial score (nSPS) is 54.6. The molecule has 4 aliphatic heterocycles. The summed E-state index contributed by atoms with van der Waals surface area (Å²) in [4.78, 5) is 0. The third kappa shape index (κ3) is 6.46. The van der Waals surface area contributed by atoms with Gasteiger partial charge in [-0.05, 0) is 93.3 Å². The fourth-order valence-corrected chi connectivity index (χ4v) is 14.8. The molecule has 4 saturated carbocycles. The zero-order chi connectivity index (χ0) is 42.2. The van der Waals surface area contributed by atoms with Crippen LogP contribution >= 0.6 is 0 Å². The SMILES string of the molecule is CC(C)=C[C@@H]1CO[C@]23C[C@]4(CO2)[C@H](CC[C@@H]2[C@@]5(C)CC[C@H](O[C@@H]6O[C@H](COS(=O)(=O)O)[C@@H](O)[C@H](O[C@@H]7O[C@@H](CO)[C@H](O)[C@H]7O)[C@H]6O)C(C)(C)[C@@H]5CC[C@]24C)[C@H]3[C@@]1(C)O. The van der Waals surface area contributed by atoms with Gasteiger partial charge in [-0.3, -0.25) is 4.55 Å². The average molecular weight is 847 g/mol. The summed E-state index contributed by atoms with van der Waals surface area (Å²) in [6.45, 7) is 14.9. The first-order valence-electron chi connectivity index (χ1n) is 21.2. The summed E-state index contributed by atoms with van der Waals surface area (Å²) >= 11 is 0. The molecule has 4 heterocycles. The van der Waals surface area contributed by atoms with E-state index < -0.39 is 102 Å². The average Bonchev–Trinajstić information content (AvgIpc) is 3.76. The molecule has 0 amide bonds. The van der Waals surface area contributed by atoms with E-state index in [9.17, 15) is 43.6 Å². The van der Waals surface area contributed by atoms with Crippen LogP contribution < -0.4 is 0 Å². The zero-order valence-corrected chi connectivity index (χ0v) is 35.5. The van der Waals surface area contributed by atoms with E-state index in [0.29, 0.717) is 25.6 Å². The second-order valence-corrected chi connectivity index (χ2v) is 21.7. The van der Waals surface area contributed by atoms with Crippen molar-refractivity contribution < 1.29 is 76.2 Å². The van der Waals surface area contributed by atoms with Crippen molar-refractivity contribution in [1.29, 1.82) is 0 Å². The van der Waals surface area contributed by atoms with Gasteiger partial charge in [0.1, 0.15) is 42.7 Å². The molecule has 8 aliphatic rings. The van der Waals surface area contributed by atoms with Gasteiger partial charge in [0.15, 0.2) is 18.4 Å². The quantitative estimate of drug-likeness (QED) is 0.0995. The first-order chi connectivity index (χ1) is 27.0. The maximum absolute atomic E-state index is 12.4. The Kier molecular flexibility index (Phi) is 11.0. The van der Waals surface area contributed by atoms with E-state index in [-0.39, 0.29) is 39.9 Å². The smallest absolute Gasteiger partial charge is 0.394 e. The fourth-order valence-electron chi connectivity index (χ4n) is 14.5. The Hall–Kier alpha value is -0.870. The molecule has 58 heavy (non-hydrogen) atoms. The molecule has 0 unspecified atom stereocenters. The van der Waals surface area contributed by atoms with E-state index in [4.69, 9.17) is 28.4 Å². The van der Waals surface area contributed by atoms with Crippen LogP contribution in [0.1, 0.15) is 93.4 Å². The molecular formula is C41H66O16S. The summed E-state index contributed by atoms with van der Waals surface area (Å²) in [7, 11) is -4.94. The lowest BCUT2D eigenvalue weighted by atomic mass is 9.35. The highest BCUT2D eigenvalue weighted by atomic mass is 32.3. The van der Waals surface area contributed by atoms with E-state index in [1.807, 2.05) is 6.92 Å². The van der Waals surface area contributed by atoms with E-state index in [2.05, 4.69) is 51.8 Å². The first kappa shape index (κ1) is 43.8. The van der Waals surface area contributed by atoms with Gasteiger partial charge in [-0.25, -0.2) is 4.18 Å². The van der Waals surface area contributed by atoms with Gasteiger partial charge < -0.3 is 59.1 Å². The van der Waals surface area contributed by atoms with Crippen LogP contribution in [-0.2, 0) is 43.0 Å². The van der Waals surface area contributed by atoms with Crippen molar-refractivity contribution in [3.05, 3.63) is 11.6 Å². The van der Waals surface area contributed by atoms with Crippen molar-refractivity contribution in [2.45, 2.75) is 166 Å². The van der Waals surface area contributed by atoms with Gasteiger partial charge in [-0.15, -0.1) is 0 Å². The van der Waals surface area contributed by atoms with Crippen molar-refractivity contribution >= 4 is 10.4 Å². The largest absolute Gasteiger partial charge is 0.397 e. The summed E-state index contributed by atoms with van der Waals surface area (Å²) in [5, 5.41) is 65.7. The molecule has 17 heteroatoms. The number of allylic oxidation sites excluding steroid dienone is 1. The van der Waals surface area contributed by atoms with Crippen molar-refractivity contribution in [2.24, 2.45) is 51.2 Å². The minimum Gasteiger partial charge on any atom is -0.394 e. The molecule has 8 rings (SSSR count). The summed E-state index contributed by atoms with van der Waals surface area (Å²) < 4.78 is 74.3. The maximum atomic E-state index is 12.4. The molecule has 332 valence electrons. The Bertz CT molecular complexity index is 1700. The van der Waals surface area contributed by atoms with Crippen molar-refractivity contribution in [2.75, 3.05) is 26.4 Å². The lowest BCUT2D eigenvalue weighted by Gasteiger charge is -2.70. The summed E-state index contributed by atoms with van der Waals surface area (Å²) in [6, 6.07) is 0. The minimum atomic E-state index is -4.94. The molecule has 8 fully saturated rings. The van der Waals surface area contributed by atoms with Gasteiger partial charge in [0, 0.05) is 23.7 Å². The molecule has 0 aromatic heterocycles. The molecule has 2 spiro atoms. The van der Waals surface area contributed by atoms with E-state index in [1.165, 1.54) is 0 Å². The van der Waals surface area contributed by atoms with Crippen molar-refractivity contribution in [3.8, 4) is 0 Å². The Morgan fingerprint density at radius 1 is 0.828 bits per heavy atom. The van der Waals surface area contributed by atoms with Crippen molar-refractivity contribution in [1.82, 2.24) is 0 Å². The predicted octanol–water partition coefficient (Wildman–Crippen LogP) is 1.83. The highest BCUT2D eigenvalue weighted by Crippen LogP contribution is 2.80. The highest BCUT2D eigenvalue weighted by molar-refractivity contribution is 7.80. The van der Waals surface area contributed by atoms with Crippen LogP contribution in [-0.4, -0.2) is 143 Å². The zero-order valence-electron chi connectivity index (χ0n) is 34.7. The van der Waals surface area contributed by atoms with Crippen LogP contribution in [0.15, 0.2) is 11.6 Å². The number of ether oxygens (including phenoxy) is 6. The van der Waals surface area contributed by atoms with Gasteiger partial charge in [0.25, 0.3) is 0 Å². The van der Waals surface area contributed by atoms with Gasteiger partial charge in [-0.2, -0.15) is 8.42 Å². The minimum absolute atomic E-state index is 0.0731. The summed E-state index contributed by atoms with van der Waals surface area (Å²) in [6.07, 6.45) is -6.09. The van der Waals surface area contributed by atoms with E-state index in [1.54, 1.807) is 0 Å². The van der Waals surface area contributed by atoms with Gasteiger partial charge in [0.2, 0.25) is 0 Å². The van der Waals surface area contributed by atoms with Crippen LogP contribution in [0, 0.1) is 51.2 Å². The van der Waals surface area contributed by atoms with Gasteiger partial charge >= 0.3 is 10.4 Å².